The molecule has 0 aromatic rings. The minimum Gasteiger partial charge on any atom is -0.481 e. The number of carboxylic acid groups (broad SMARTS) is 2. The summed E-state index contributed by atoms with van der Waals surface area (Å²) < 4.78 is 0. The number of carbonyl (C=O) groups is 2. The number of nitrogens with two attached hydrogens (primary N) is 2. The van der Waals surface area contributed by atoms with Crippen molar-refractivity contribution < 1.29 is 19.8 Å². The van der Waals surface area contributed by atoms with E-state index in [2.05, 4.69) is 16.0 Å². The second-order valence-electron chi connectivity index (χ2n) is 8.85. The molecule has 0 radical (unpaired) electrons. The van der Waals surface area contributed by atoms with Crippen molar-refractivity contribution in [1.29, 1.82) is 0 Å². The third-order valence-corrected chi connectivity index (χ3v) is 5.86. The van der Waals surface area contributed by atoms with Gasteiger partial charge in [0.2, 0.25) is 0 Å². The van der Waals surface area contributed by atoms with Gasteiger partial charge >= 0.3 is 11.9 Å². The highest BCUT2D eigenvalue weighted by atomic mass is 16.4. The highest BCUT2D eigenvalue weighted by Crippen LogP contribution is 2.23. The smallest absolute Gasteiger partial charge is 0.303 e. The van der Waals surface area contributed by atoms with Crippen LogP contribution >= 0.6 is 0 Å². The molecule has 2 rings (SSSR count). The first-order valence-corrected chi connectivity index (χ1v) is 13.4. The van der Waals surface area contributed by atoms with Crippen molar-refractivity contribution in [1.82, 2.24) is 16.0 Å². The van der Waals surface area contributed by atoms with Crippen LogP contribution in [0.4, 0.5) is 0 Å². The standard InChI is InChI=1S/C13H26N2.C6H17N3.2C3H6O2/c1(2-12-4-8-14-9-5-12)3-13-6-10-15-11-7-13;7-3-1-5-9-6-2-4-8;2*1-2-3(4)5/h12-15H,1-11H2;9H,1-8H2;2*2H2,1H3,(H,4,5). The first kappa shape index (κ1) is 34.9. The van der Waals surface area contributed by atoms with E-state index in [1.807, 2.05) is 0 Å². The Bertz CT molecular complexity index is 405. The third-order valence-electron chi connectivity index (χ3n) is 5.86. The molecule has 2 heterocycles. The molecule has 9 N–H and O–H groups in total. The molecule has 0 atom stereocenters. The van der Waals surface area contributed by atoms with Gasteiger partial charge in [0.15, 0.2) is 0 Å². The number of hydrogen-bond donors (Lipinski definition) is 7. The summed E-state index contributed by atoms with van der Waals surface area (Å²) in [6, 6.07) is 0. The first-order valence-electron chi connectivity index (χ1n) is 13.4. The van der Waals surface area contributed by atoms with Crippen LogP contribution in [0.3, 0.4) is 0 Å². The molecule has 0 saturated carbocycles. The summed E-state index contributed by atoms with van der Waals surface area (Å²) in [5.41, 5.74) is 10.6. The Morgan fingerprint density at radius 3 is 1.32 bits per heavy atom. The molecule has 9 heteroatoms. The van der Waals surface area contributed by atoms with E-state index in [-0.39, 0.29) is 12.8 Å². The van der Waals surface area contributed by atoms with E-state index in [4.69, 9.17) is 21.7 Å². The van der Waals surface area contributed by atoms with Crippen LogP contribution in [0.5, 0.6) is 0 Å². The van der Waals surface area contributed by atoms with Gasteiger partial charge in [0.1, 0.15) is 0 Å². The Labute approximate surface area is 208 Å². The van der Waals surface area contributed by atoms with Crippen molar-refractivity contribution in [3.8, 4) is 0 Å². The van der Waals surface area contributed by atoms with Crippen LogP contribution in [0.25, 0.3) is 0 Å². The number of piperidine rings is 2. The monoisotopic (exact) mass is 489 g/mol. The molecule has 2 aliphatic rings. The van der Waals surface area contributed by atoms with E-state index in [9.17, 15) is 9.59 Å². The van der Waals surface area contributed by atoms with Gasteiger partial charge in [-0.1, -0.05) is 33.1 Å². The topological polar surface area (TPSA) is 163 Å². The molecule has 0 amide bonds. The van der Waals surface area contributed by atoms with Gasteiger partial charge in [-0.05, 0) is 103 Å². The molecule has 2 saturated heterocycles. The molecule has 0 unspecified atom stereocenters. The number of aliphatic carboxylic acids is 2. The molecule has 34 heavy (non-hydrogen) atoms. The zero-order valence-electron chi connectivity index (χ0n) is 22.0. The highest BCUT2D eigenvalue weighted by molar-refractivity contribution is 5.66. The Kier molecular flexibility index (Phi) is 28.7. The predicted molar refractivity (Wildman–Crippen MR) is 141 cm³/mol. The lowest BCUT2D eigenvalue weighted by molar-refractivity contribution is -0.137. The summed E-state index contributed by atoms with van der Waals surface area (Å²) in [7, 11) is 0. The number of nitrogens with one attached hydrogen (secondary N) is 3. The quantitative estimate of drug-likeness (QED) is 0.204. The molecule has 0 aliphatic carbocycles. The lowest BCUT2D eigenvalue weighted by Crippen LogP contribution is -2.29. The molecule has 204 valence electrons. The fourth-order valence-corrected chi connectivity index (χ4v) is 3.62. The highest BCUT2D eigenvalue weighted by Gasteiger charge is 2.15. The Hall–Kier alpha value is -1.26. The van der Waals surface area contributed by atoms with Crippen molar-refractivity contribution in [3.05, 3.63) is 0 Å². The van der Waals surface area contributed by atoms with Gasteiger partial charge in [-0.2, -0.15) is 0 Å². The van der Waals surface area contributed by atoms with Crippen molar-refractivity contribution in [2.45, 2.75) is 84.5 Å². The van der Waals surface area contributed by atoms with Crippen LogP contribution in [0.2, 0.25) is 0 Å². The molecule has 2 aliphatic heterocycles. The molecular formula is C25H55N5O4. The molecule has 0 bridgehead atoms. The molecule has 0 aromatic carbocycles. The zero-order chi connectivity index (χ0) is 25.9. The summed E-state index contributed by atoms with van der Waals surface area (Å²) in [4.78, 5) is 18.7. The third kappa shape index (κ3) is 28.8. The predicted octanol–water partition coefficient (Wildman–Crippen LogP) is 2.39. The molecular weight excluding hydrogens is 434 g/mol. The summed E-state index contributed by atoms with van der Waals surface area (Å²) in [6.07, 6.45) is 12.7. The van der Waals surface area contributed by atoms with Gasteiger partial charge < -0.3 is 37.6 Å². The van der Waals surface area contributed by atoms with Crippen LogP contribution in [-0.2, 0) is 9.59 Å². The van der Waals surface area contributed by atoms with Crippen LogP contribution in [0.1, 0.15) is 84.5 Å². The van der Waals surface area contributed by atoms with E-state index in [0.717, 1.165) is 50.9 Å². The maximum atomic E-state index is 9.37. The minimum atomic E-state index is -0.745. The average Bonchev–Trinajstić information content (AvgIpc) is 2.86. The lowest BCUT2D eigenvalue weighted by Gasteiger charge is -2.25. The Morgan fingerprint density at radius 2 is 1.06 bits per heavy atom. The van der Waals surface area contributed by atoms with Gasteiger partial charge in [-0.25, -0.2) is 0 Å². The number of carboxylic acids is 2. The summed E-state index contributed by atoms with van der Waals surface area (Å²) >= 11 is 0. The van der Waals surface area contributed by atoms with Crippen molar-refractivity contribution >= 4 is 11.9 Å². The second-order valence-corrected chi connectivity index (χ2v) is 8.85. The number of rotatable bonds is 12. The SMILES string of the molecule is C(CC1CCNCC1)CC1CCNCC1.CCC(=O)O.CCC(=O)O.NCCCNCCCN. The van der Waals surface area contributed by atoms with E-state index in [1.165, 1.54) is 71.1 Å². The first-order chi connectivity index (χ1) is 16.4. The average molecular weight is 490 g/mol. The van der Waals surface area contributed by atoms with Crippen LogP contribution in [0, 0.1) is 11.8 Å². The fourth-order valence-electron chi connectivity index (χ4n) is 3.62. The summed E-state index contributed by atoms with van der Waals surface area (Å²) in [6.45, 7) is 11.8. The zero-order valence-corrected chi connectivity index (χ0v) is 22.0. The van der Waals surface area contributed by atoms with Crippen LogP contribution in [0.15, 0.2) is 0 Å². The van der Waals surface area contributed by atoms with Gasteiger partial charge in [-0.3, -0.25) is 9.59 Å². The van der Waals surface area contributed by atoms with Crippen molar-refractivity contribution in [2.24, 2.45) is 23.3 Å². The van der Waals surface area contributed by atoms with E-state index in [0.29, 0.717) is 0 Å². The maximum absolute atomic E-state index is 9.37. The van der Waals surface area contributed by atoms with E-state index >= 15 is 0 Å². The van der Waals surface area contributed by atoms with Crippen molar-refractivity contribution in [2.75, 3.05) is 52.4 Å². The molecule has 9 nitrogen and oxygen atoms in total. The minimum absolute atomic E-state index is 0.222. The molecule has 0 aromatic heterocycles. The molecule has 2 fully saturated rings. The lowest BCUT2D eigenvalue weighted by atomic mass is 9.87. The van der Waals surface area contributed by atoms with Gasteiger partial charge in [0.25, 0.3) is 0 Å². The largest absolute Gasteiger partial charge is 0.481 e. The van der Waals surface area contributed by atoms with Gasteiger partial charge in [-0.15, -0.1) is 0 Å². The van der Waals surface area contributed by atoms with E-state index < -0.39 is 11.9 Å². The van der Waals surface area contributed by atoms with Crippen molar-refractivity contribution in [3.63, 3.8) is 0 Å². The number of hydrogen-bond acceptors (Lipinski definition) is 7. The summed E-state index contributed by atoms with van der Waals surface area (Å²) in [5, 5.41) is 25.6. The normalized spacial score (nSPS) is 16.1. The van der Waals surface area contributed by atoms with Gasteiger partial charge in [0.05, 0.1) is 0 Å². The summed E-state index contributed by atoms with van der Waals surface area (Å²) in [5.74, 6) is 0.580. The van der Waals surface area contributed by atoms with Crippen LogP contribution < -0.4 is 27.4 Å². The second kappa shape index (κ2) is 28.0. The maximum Gasteiger partial charge on any atom is 0.303 e. The molecule has 0 spiro atoms. The fraction of sp³-hybridized carbons (Fsp3) is 0.920. The Balaban J connectivity index is 0. The van der Waals surface area contributed by atoms with Gasteiger partial charge in [0, 0.05) is 12.8 Å². The van der Waals surface area contributed by atoms with E-state index in [1.54, 1.807) is 13.8 Å². The Morgan fingerprint density at radius 1 is 0.735 bits per heavy atom. The van der Waals surface area contributed by atoms with Crippen LogP contribution in [-0.4, -0.2) is 74.5 Å².